The first-order valence-corrected chi connectivity index (χ1v) is 7.79. The predicted octanol–water partition coefficient (Wildman–Crippen LogP) is 2.85. The van der Waals surface area contributed by atoms with Crippen molar-refractivity contribution in [2.75, 3.05) is 7.11 Å². The van der Waals surface area contributed by atoms with E-state index in [0.717, 1.165) is 25.7 Å². The van der Waals surface area contributed by atoms with Gasteiger partial charge in [0.05, 0.1) is 13.0 Å². The fraction of sp³-hybridized carbons (Fsp3) is 0.529. The fourth-order valence-electron chi connectivity index (χ4n) is 2.97. The highest BCUT2D eigenvalue weighted by Gasteiger charge is 2.30. The Hall–Kier alpha value is -2.04. The molecule has 1 aromatic rings. The zero-order chi connectivity index (χ0) is 15.9. The largest absolute Gasteiger partial charge is 0.497 e. The lowest BCUT2D eigenvalue weighted by atomic mass is 9.86. The second-order valence-electron chi connectivity index (χ2n) is 5.75. The summed E-state index contributed by atoms with van der Waals surface area (Å²) in [6, 6.07) is 6.58. The highest BCUT2D eigenvalue weighted by molar-refractivity contribution is 5.95. The lowest BCUT2D eigenvalue weighted by Gasteiger charge is -2.27. The summed E-state index contributed by atoms with van der Waals surface area (Å²) < 4.78 is 5.12. The van der Waals surface area contributed by atoms with Crippen LogP contribution in [0.25, 0.3) is 0 Å². The van der Waals surface area contributed by atoms with E-state index in [1.54, 1.807) is 31.4 Å². The lowest BCUT2D eigenvalue weighted by molar-refractivity contribution is -0.143. The van der Waals surface area contributed by atoms with Gasteiger partial charge in [-0.1, -0.05) is 31.7 Å². The van der Waals surface area contributed by atoms with E-state index >= 15 is 0 Å². The second kappa shape index (κ2) is 7.82. The van der Waals surface area contributed by atoms with Gasteiger partial charge in [-0.3, -0.25) is 9.59 Å². The van der Waals surface area contributed by atoms with E-state index in [0.29, 0.717) is 24.2 Å². The molecule has 0 radical (unpaired) electrons. The molecule has 0 aromatic heterocycles. The standard InChI is InChI=1S/C17H23NO4/c1-22-13-8-6-7-12(11-13)16(19)18-15-10-5-3-2-4-9-14(15)17(20)21/h6-8,11,14-15H,2-5,9-10H2,1H3,(H,18,19)(H,20,21). The molecule has 120 valence electrons. The molecule has 2 unspecified atom stereocenters. The van der Waals surface area contributed by atoms with E-state index in [1.165, 1.54) is 0 Å². The third-order valence-electron chi connectivity index (χ3n) is 4.23. The van der Waals surface area contributed by atoms with Crippen LogP contribution in [0.15, 0.2) is 24.3 Å². The molecule has 2 rings (SSSR count). The van der Waals surface area contributed by atoms with Crippen molar-refractivity contribution in [1.82, 2.24) is 5.32 Å². The lowest BCUT2D eigenvalue weighted by Crippen LogP contribution is -2.43. The molecule has 1 aliphatic carbocycles. The summed E-state index contributed by atoms with van der Waals surface area (Å²) in [6.45, 7) is 0. The molecule has 2 N–H and O–H groups in total. The van der Waals surface area contributed by atoms with E-state index in [4.69, 9.17) is 4.74 Å². The molecule has 0 heterocycles. The number of benzene rings is 1. The van der Waals surface area contributed by atoms with Crippen molar-refractivity contribution < 1.29 is 19.4 Å². The minimum atomic E-state index is -0.821. The van der Waals surface area contributed by atoms with E-state index in [1.807, 2.05) is 0 Å². The van der Waals surface area contributed by atoms with Crippen LogP contribution >= 0.6 is 0 Å². The Bertz CT molecular complexity index is 529. The number of hydrogen-bond donors (Lipinski definition) is 2. The van der Waals surface area contributed by atoms with Gasteiger partial charge >= 0.3 is 5.97 Å². The molecule has 5 nitrogen and oxygen atoms in total. The van der Waals surface area contributed by atoms with Gasteiger partial charge in [0.1, 0.15) is 5.75 Å². The molecule has 0 aliphatic heterocycles. The fourth-order valence-corrected chi connectivity index (χ4v) is 2.97. The Balaban J connectivity index is 2.10. The van der Waals surface area contributed by atoms with Gasteiger partial charge in [-0.2, -0.15) is 0 Å². The summed E-state index contributed by atoms with van der Waals surface area (Å²) >= 11 is 0. The van der Waals surface area contributed by atoms with Gasteiger partial charge in [0.15, 0.2) is 0 Å². The topological polar surface area (TPSA) is 75.6 Å². The Morgan fingerprint density at radius 3 is 2.59 bits per heavy atom. The SMILES string of the molecule is COc1cccc(C(=O)NC2CCCCCCC2C(=O)O)c1. The van der Waals surface area contributed by atoms with Crippen LogP contribution in [0.2, 0.25) is 0 Å². The van der Waals surface area contributed by atoms with Gasteiger partial charge in [0.25, 0.3) is 5.91 Å². The molecule has 1 fully saturated rings. The van der Waals surface area contributed by atoms with Crippen molar-refractivity contribution in [3.05, 3.63) is 29.8 Å². The van der Waals surface area contributed by atoms with Crippen LogP contribution in [-0.2, 0) is 4.79 Å². The van der Waals surface area contributed by atoms with Crippen LogP contribution in [0.4, 0.5) is 0 Å². The number of methoxy groups -OCH3 is 1. The predicted molar refractivity (Wildman–Crippen MR) is 83.1 cm³/mol. The number of carboxylic acid groups (broad SMARTS) is 1. The van der Waals surface area contributed by atoms with Crippen molar-refractivity contribution in [1.29, 1.82) is 0 Å². The molecular weight excluding hydrogens is 282 g/mol. The normalized spacial score (nSPS) is 22.2. The van der Waals surface area contributed by atoms with Crippen LogP contribution in [-0.4, -0.2) is 30.1 Å². The van der Waals surface area contributed by atoms with Crippen molar-refractivity contribution in [2.24, 2.45) is 5.92 Å². The van der Waals surface area contributed by atoms with Gasteiger partial charge in [-0.15, -0.1) is 0 Å². The van der Waals surface area contributed by atoms with Gasteiger partial charge < -0.3 is 15.2 Å². The van der Waals surface area contributed by atoms with Gasteiger partial charge in [-0.05, 0) is 31.0 Å². The maximum absolute atomic E-state index is 12.4. The van der Waals surface area contributed by atoms with E-state index in [2.05, 4.69) is 5.32 Å². The molecule has 2 atom stereocenters. The van der Waals surface area contributed by atoms with Crippen molar-refractivity contribution >= 4 is 11.9 Å². The van der Waals surface area contributed by atoms with Crippen molar-refractivity contribution in [3.8, 4) is 5.75 Å². The third-order valence-corrected chi connectivity index (χ3v) is 4.23. The number of carboxylic acids is 1. The maximum Gasteiger partial charge on any atom is 0.308 e. The van der Waals surface area contributed by atoms with Crippen LogP contribution < -0.4 is 10.1 Å². The average Bonchev–Trinajstić information content (AvgIpc) is 2.49. The van der Waals surface area contributed by atoms with Gasteiger partial charge in [0, 0.05) is 11.6 Å². The maximum atomic E-state index is 12.4. The number of nitrogens with one attached hydrogen (secondary N) is 1. The van der Waals surface area contributed by atoms with Crippen LogP contribution in [0.5, 0.6) is 5.75 Å². The number of ether oxygens (including phenoxy) is 1. The Morgan fingerprint density at radius 1 is 1.18 bits per heavy atom. The first-order valence-electron chi connectivity index (χ1n) is 7.79. The summed E-state index contributed by atoms with van der Waals surface area (Å²) in [5.41, 5.74) is 0.491. The molecule has 1 aromatic carbocycles. The zero-order valence-corrected chi connectivity index (χ0v) is 12.9. The number of carbonyl (C=O) groups is 2. The highest BCUT2D eigenvalue weighted by atomic mass is 16.5. The Labute approximate surface area is 130 Å². The summed E-state index contributed by atoms with van der Waals surface area (Å²) in [7, 11) is 1.55. The molecule has 1 saturated carbocycles. The van der Waals surface area contributed by atoms with Crippen molar-refractivity contribution in [3.63, 3.8) is 0 Å². The molecule has 0 bridgehead atoms. The highest BCUT2D eigenvalue weighted by Crippen LogP contribution is 2.24. The average molecular weight is 305 g/mol. The molecule has 22 heavy (non-hydrogen) atoms. The molecule has 5 heteroatoms. The summed E-state index contributed by atoms with van der Waals surface area (Å²) in [5, 5.41) is 12.3. The van der Waals surface area contributed by atoms with Crippen LogP contribution in [0.3, 0.4) is 0 Å². The number of carbonyl (C=O) groups excluding carboxylic acids is 1. The summed E-state index contributed by atoms with van der Waals surface area (Å²) in [4.78, 5) is 23.9. The van der Waals surface area contributed by atoms with Crippen LogP contribution in [0, 0.1) is 5.92 Å². The van der Waals surface area contributed by atoms with Crippen molar-refractivity contribution in [2.45, 2.75) is 44.6 Å². The Morgan fingerprint density at radius 2 is 1.91 bits per heavy atom. The van der Waals surface area contributed by atoms with Gasteiger partial charge in [0.2, 0.25) is 0 Å². The smallest absolute Gasteiger partial charge is 0.308 e. The third kappa shape index (κ3) is 4.23. The monoisotopic (exact) mass is 305 g/mol. The van der Waals surface area contributed by atoms with E-state index in [-0.39, 0.29) is 11.9 Å². The Kier molecular flexibility index (Phi) is 5.81. The van der Waals surface area contributed by atoms with Crippen LogP contribution in [0.1, 0.15) is 48.9 Å². The first kappa shape index (κ1) is 16.3. The summed E-state index contributed by atoms with van der Waals surface area (Å²) in [5.74, 6) is -0.955. The molecule has 0 saturated heterocycles. The minimum absolute atomic E-state index is 0.240. The summed E-state index contributed by atoms with van der Waals surface area (Å²) in [6.07, 6.45) is 5.36. The molecule has 1 aliphatic rings. The molecular formula is C17H23NO4. The van der Waals surface area contributed by atoms with Gasteiger partial charge in [-0.25, -0.2) is 0 Å². The first-order chi connectivity index (χ1) is 10.6. The number of rotatable bonds is 4. The quantitative estimate of drug-likeness (QED) is 0.897. The number of hydrogen-bond acceptors (Lipinski definition) is 3. The zero-order valence-electron chi connectivity index (χ0n) is 12.9. The minimum Gasteiger partial charge on any atom is -0.497 e. The van der Waals surface area contributed by atoms with E-state index < -0.39 is 11.9 Å². The molecule has 0 spiro atoms. The number of aliphatic carboxylic acids is 1. The molecule has 1 amide bonds. The second-order valence-corrected chi connectivity index (χ2v) is 5.75. The number of amides is 1. The van der Waals surface area contributed by atoms with E-state index in [9.17, 15) is 14.7 Å².